The SMILES string of the molecule is [CH2]O/N=C(/c1ccc2c(c1)OCCO2)C(F)(F)F. The van der Waals surface area contributed by atoms with Crippen molar-refractivity contribution in [2.45, 2.75) is 6.18 Å². The van der Waals surface area contributed by atoms with Crippen LogP contribution >= 0.6 is 0 Å². The second-order valence-corrected chi connectivity index (χ2v) is 3.43. The summed E-state index contributed by atoms with van der Waals surface area (Å²) in [5.74, 6) is 0.654. The lowest BCUT2D eigenvalue weighted by molar-refractivity contribution is -0.0604. The molecule has 1 aromatic rings. The summed E-state index contributed by atoms with van der Waals surface area (Å²) in [6.07, 6.45) is -4.64. The van der Waals surface area contributed by atoms with E-state index >= 15 is 0 Å². The van der Waals surface area contributed by atoms with E-state index < -0.39 is 11.9 Å². The van der Waals surface area contributed by atoms with Gasteiger partial charge in [-0.15, -0.1) is 0 Å². The van der Waals surface area contributed by atoms with Crippen LogP contribution in [0.3, 0.4) is 0 Å². The third-order valence-electron chi connectivity index (χ3n) is 2.24. The van der Waals surface area contributed by atoms with E-state index in [1.54, 1.807) is 0 Å². The molecular formula is C11H9F3NO3. The maximum absolute atomic E-state index is 12.7. The van der Waals surface area contributed by atoms with Gasteiger partial charge in [-0.05, 0) is 18.2 Å². The number of benzene rings is 1. The summed E-state index contributed by atoms with van der Waals surface area (Å²) >= 11 is 0. The molecule has 0 aromatic heterocycles. The molecule has 1 heterocycles. The Hall–Kier alpha value is -1.92. The van der Waals surface area contributed by atoms with Crippen LogP contribution in [0, 0.1) is 7.11 Å². The van der Waals surface area contributed by atoms with Crippen molar-refractivity contribution in [3.05, 3.63) is 30.9 Å². The number of halogens is 3. The van der Waals surface area contributed by atoms with Gasteiger partial charge in [0.1, 0.15) is 13.2 Å². The van der Waals surface area contributed by atoms with E-state index in [2.05, 4.69) is 17.1 Å². The molecule has 1 aliphatic heterocycles. The average Bonchev–Trinajstić information content (AvgIpc) is 2.34. The first-order valence-corrected chi connectivity index (χ1v) is 4.99. The molecule has 18 heavy (non-hydrogen) atoms. The molecule has 0 unspecified atom stereocenters. The molecule has 1 aliphatic rings. The first-order chi connectivity index (χ1) is 8.52. The smallest absolute Gasteiger partial charge is 0.437 e. The standard InChI is InChI=1S/C11H9F3NO3/c1-16-15-10(11(12,13)14)7-2-3-8-9(6-7)18-5-4-17-8/h2-3,6H,1,4-5H2/b15-10-. The van der Waals surface area contributed by atoms with Gasteiger partial charge in [0.15, 0.2) is 24.3 Å². The first kappa shape index (κ1) is 12.5. The molecule has 4 nitrogen and oxygen atoms in total. The van der Waals surface area contributed by atoms with Crippen LogP contribution in [0.5, 0.6) is 11.5 Å². The third-order valence-corrected chi connectivity index (χ3v) is 2.24. The highest BCUT2D eigenvalue weighted by Gasteiger charge is 2.38. The zero-order chi connectivity index (χ0) is 13.2. The van der Waals surface area contributed by atoms with Crippen LogP contribution in [0.15, 0.2) is 23.4 Å². The summed E-state index contributed by atoms with van der Waals surface area (Å²) in [6, 6.07) is 3.84. The van der Waals surface area contributed by atoms with Gasteiger partial charge < -0.3 is 14.3 Å². The van der Waals surface area contributed by atoms with Crippen LogP contribution in [-0.4, -0.2) is 25.1 Å². The van der Waals surface area contributed by atoms with Gasteiger partial charge in [-0.2, -0.15) is 13.2 Å². The molecule has 0 spiro atoms. The van der Waals surface area contributed by atoms with Gasteiger partial charge >= 0.3 is 6.18 Å². The van der Waals surface area contributed by atoms with E-state index in [4.69, 9.17) is 9.47 Å². The normalized spacial score (nSPS) is 15.4. The van der Waals surface area contributed by atoms with Crippen molar-refractivity contribution in [3.8, 4) is 11.5 Å². The topological polar surface area (TPSA) is 40.0 Å². The van der Waals surface area contributed by atoms with E-state index in [1.807, 2.05) is 0 Å². The van der Waals surface area contributed by atoms with E-state index in [9.17, 15) is 13.2 Å². The molecule has 0 saturated heterocycles. The first-order valence-electron chi connectivity index (χ1n) is 4.99. The highest BCUT2D eigenvalue weighted by Crippen LogP contribution is 2.33. The molecule has 0 amide bonds. The minimum atomic E-state index is -4.64. The minimum absolute atomic E-state index is 0.171. The number of rotatable bonds is 2. The molecule has 0 bridgehead atoms. The molecule has 0 N–H and O–H groups in total. The summed E-state index contributed by atoms with van der Waals surface area (Å²) in [5, 5.41) is 2.90. The highest BCUT2D eigenvalue weighted by molar-refractivity contribution is 6.04. The molecule has 0 saturated carbocycles. The van der Waals surface area contributed by atoms with Crippen molar-refractivity contribution in [1.29, 1.82) is 0 Å². The Morgan fingerprint density at radius 3 is 2.50 bits per heavy atom. The van der Waals surface area contributed by atoms with Crippen molar-refractivity contribution in [1.82, 2.24) is 0 Å². The van der Waals surface area contributed by atoms with Crippen LogP contribution in [0.25, 0.3) is 0 Å². The Labute approximate surface area is 101 Å². The maximum Gasteiger partial charge on any atom is 0.437 e. The van der Waals surface area contributed by atoms with Crippen LogP contribution in [-0.2, 0) is 4.84 Å². The molecule has 7 heteroatoms. The predicted octanol–water partition coefficient (Wildman–Crippen LogP) is 2.53. The van der Waals surface area contributed by atoms with Crippen molar-refractivity contribution < 1.29 is 27.5 Å². The molecule has 0 atom stereocenters. The molecule has 97 valence electrons. The number of hydrogen-bond donors (Lipinski definition) is 0. The van der Waals surface area contributed by atoms with Gasteiger partial charge in [-0.1, -0.05) is 5.16 Å². The Bertz CT molecular complexity index is 471. The highest BCUT2D eigenvalue weighted by atomic mass is 19.4. The fourth-order valence-corrected chi connectivity index (χ4v) is 1.52. The minimum Gasteiger partial charge on any atom is -0.486 e. The fourth-order valence-electron chi connectivity index (χ4n) is 1.52. The second kappa shape index (κ2) is 4.75. The molecule has 1 aromatic carbocycles. The summed E-state index contributed by atoms with van der Waals surface area (Å²) < 4.78 is 48.6. The van der Waals surface area contributed by atoms with Gasteiger partial charge in [0, 0.05) is 5.56 Å². The maximum atomic E-state index is 12.7. The fraction of sp³-hybridized carbons (Fsp3) is 0.273. The van der Waals surface area contributed by atoms with Crippen molar-refractivity contribution >= 4 is 5.71 Å². The second-order valence-electron chi connectivity index (χ2n) is 3.43. The van der Waals surface area contributed by atoms with Crippen LogP contribution in [0.1, 0.15) is 5.56 Å². The van der Waals surface area contributed by atoms with E-state index in [0.29, 0.717) is 19.0 Å². The quantitative estimate of drug-likeness (QED) is 0.606. The zero-order valence-electron chi connectivity index (χ0n) is 9.16. The lowest BCUT2D eigenvalue weighted by Crippen LogP contribution is -2.24. The Morgan fingerprint density at radius 2 is 1.89 bits per heavy atom. The Morgan fingerprint density at radius 1 is 1.22 bits per heavy atom. The van der Waals surface area contributed by atoms with E-state index in [0.717, 1.165) is 0 Å². The average molecular weight is 260 g/mol. The molecule has 2 rings (SSSR count). The largest absolute Gasteiger partial charge is 0.486 e. The van der Waals surface area contributed by atoms with Gasteiger partial charge in [0.2, 0.25) is 0 Å². The number of ether oxygens (including phenoxy) is 2. The van der Waals surface area contributed by atoms with Crippen LogP contribution in [0.4, 0.5) is 13.2 Å². The van der Waals surface area contributed by atoms with E-state index in [1.165, 1.54) is 18.2 Å². The van der Waals surface area contributed by atoms with Crippen molar-refractivity contribution in [2.24, 2.45) is 5.16 Å². The summed E-state index contributed by atoms with van der Waals surface area (Å²) in [4.78, 5) is 3.97. The lowest BCUT2D eigenvalue weighted by Gasteiger charge is -2.19. The summed E-state index contributed by atoms with van der Waals surface area (Å²) in [7, 11) is 2.81. The number of oxime groups is 1. The molecular weight excluding hydrogens is 251 g/mol. The van der Waals surface area contributed by atoms with Gasteiger partial charge in [-0.25, -0.2) is 0 Å². The lowest BCUT2D eigenvalue weighted by atomic mass is 10.1. The van der Waals surface area contributed by atoms with Gasteiger partial charge in [0.25, 0.3) is 0 Å². The number of hydrogen-bond acceptors (Lipinski definition) is 4. The van der Waals surface area contributed by atoms with Crippen molar-refractivity contribution in [2.75, 3.05) is 13.2 Å². The van der Waals surface area contributed by atoms with Gasteiger partial charge in [-0.3, -0.25) is 0 Å². The summed E-state index contributed by atoms with van der Waals surface area (Å²) in [5.41, 5.74) is -1.34. The van der Waals surface area contributed by atoms with Crippen molar-refractivity contribution in [3.63, 3.8) is 0 Å². The number of alkyl halides is 3. The Balaban J connectivity index is 2.40. The zero-order valence-corrected chi connectivity index (χ0v) is 9.16. The number of nitrogens with zero attached hydrogens (tertiary/aromatic N) is 1. The van der Waals surface area contributed by atoms with Crippen LogP contribution < -0.4 is 9.47 Å². The third kappa shape index (κ3) is 2.49. The molecule has 0 aliphatic carbocycles. The number of fused-ring (bicyclic) bond motifs is 1. The summed E-state index contributed by atoms with van der Waals surface area (Å²) in [6.45, 7) is 0.662. The van der Waals surface area contributed by atoms with Crippen LogP contribution in [0.2, 0.25) is 0 Å². The molecule has 1 radical (unpaired) electrons. The van der Waals surface area contributed by atoms with E-state index in [-0.39, 0.29) is 11.3 Å². The molecule has 0 fully saturated rings. The predicted molar refractivity (Wildman–Crippen MR) is 56.5 cm³/mol. The monoisotopic (exact) mass is 260 g/mol. The Kier molecular flexibility index (Phi) is 3.31. The van der Waals surface area contributed by atoms with Gasteiger partial charge in [0.05, 0.1) is 0 Å².